The van der Waals surface area contributed by atoms with Crippen molar-refractivity contribution in [3.8, 4) is 22.8 Å². The highest BCUT2D eigenvalue weighted by Gasteiger charge is 2.16. The molecule has 9 nitrogen and oxygen atoms in total. The van der Waals surface area contributed by atoms with Crippen LogP contribution in [-0.2, 0) is 0 Å². The molecule has 4 rings (SSSR count). The number of fused-ring (bicyclic) bond motifs is 1. The Hall–Kier alpha value is -4.40. The number of nitrogens with one attached hydrogen (secondary N) is 1. The number of carboxylic acids is 1. The molecule has 0 fully saturated rings. The average molecular weight is 432 g/mol. The SMILES string of the molecule is COc1ccc(-c2ccnc3cc(C(=O)Nc4ccc(C(=O)O)cc4C)nn23)cc1OC. The van der Waals surface area contributed by atoms with Crippen molar-refractivity contribution < 1.29 is 24.2 Å². The highest BCUT2D eigenvalue weighted by molar-refractivity contribution is 6.04. The third-order valence-electron chi connectivity index (χ3n) is 4.99. The summed E-state index contributed by atoms with van der Waals surface area (Å²) in [6.45, 7) is 1.72. The van der Waals surface area contributed by atoms with Gasteiger partial charge in [0.25, 0.3) is 5.91 Å². The molecule has 4 aromatic rings. The first-order valence-electron chi connectivity index (χ1n) is 9.63. The number of benzene rings is 2. The maximum absolute atomic E-state index is 12.8. The van der Waals surface area contributed by atoms with E-state index in [0.717, 1.165) is 11.3 Å². The van der Waals surface area contributed by atoms with Gasteiger partial charge in [-0.2, -0.15) is 5.10 Å². The zero-order chi connectivity index (χ0) is 22.8. The molecule has 2 aromatic heterocycles. The monoisotopic (exact) mass is 432 g/mol. The number of aromatic carboxylic acids is 1. The van der Waals surface area contributed by atoms with Crippen LogP contribution in [0.4, 0.5) is 5.69 Å². The highest BCUT2D eigenvalue weighted by Crippen LogP contribution is 2.32. The van der Waals surface area contributed by atoms with Gasteiger partial charge in [0.15, 0.2) is 22.8 Å². The van der Waals surface area contributed by atoms with Crippen molar-refractivity contribution in [2.45, 2.75) is 6.92 Å². The Bertz CT molecular complexity index is 1350. The van der Waals surface area contributed by atoms with E-state index in [2.05, 4.69) is 15.4 Å². The molecule has 0 unspecified atom stereocenters. The van der Waals surface area contributed by atoms with E-state index in [-0.39, 0.29) is 11.3 Å². The van der Waals surface area contributed by atoms with Crippen LogP contribution in [0, 0.1) is 6.92 Å². The van der Waals surface area contributed by atoms with Gasteiger partial charge in [0.2, 0.25) is 0 Å². The fourth-order valence-corrected chi connectivity index (χ4v) is 3.34. The van der Waals surface area contributed by atoms with Gasteiger partial charge in [-0.25, -0.2) is 14.3 Å². The van der Waals surface area contributed by atoms with Crippen molar-refractivity contribution in [1.29, 1.82) is 0 Å². The van der Waals surface area contributed by atoms with Gasteiger partial charge in [-0.3, -0.25) is 4.79 Å². The topological polar surface area (TPSA) is 115 Å². The Kier molecular flexibility index (Phi) is 5.46. The number of carboxylic acid groups (broad SMARTS) is 1. The van der Waals surface area contributed by atoms with Crippen molar-refractivity contribution in [3.63, 3.8) is 0 Å². The first-order chi connectivity index (χ1) is 15.4. The van der Waals surface area contributed by atoms with Crippen molar-refractivity contribution in [2.75, 3.05) is 19.5 Å². The molecule has 9 heteroatoms. The largest absolute Gasteiger partial charge is 0.493 e. The van der Waals surface area contributed by atoms with Crippen LogP contribution in [0.5, 0.6) is 11.5 Å². The molecule has 32 heavy (non-hydrogen) atoms. The molecule has 0 aliphatic heterocycles. The molecule has 0 aliphatic rings. The molecule has 0 spiro atoms. The van der Waals surface area contributed by atoms with Crippen LogP contribution in [-0.4, -0.2) is 45.8 Å². The van der Waals surface area contributed by atoms with Crippen LogP contribution < -0.4 is 14.8 Å². The number of methoxy groups -OCH3 is 2. The van der Waals surface area contributed by atoms with E-state index in [1.807, 2.05) is 12.1 Å². The molecule has 162 valence electrons. The molecule has 0 aliphatic carbocycles. The molecule has 2 N–H and O–H groups in total. The predicted molar refractivity (Wildman–Crippen MR) is 118 cm³/mol. The number of amides is 1. The van der Waals surface area contributed by atoms with E-state index in [9.17, 15) is 9.59 Å². The summed E-state index contributed by atoms with van der Waals surface area (Å²) in [5.41, 5.74) is 3.49. The maximum Gasteiger partial charge on any atom is 0.335 e. The number of carbonyl (C=O) groups excluding carboxylic acids is 1. The van der Waals surface area contributed by atoms with Crippen molar-refractivity contribution in [1.82, 2.24) is 14.6 Å². The standard InChI is InChI=1S/C23H20N4O5/c1-13-10-15(23(29)30)4-6-16(13)25-22(28)17-12-21-24-9-8-18(27(21)26-17)14-5-7-19(31-2)20(11-14)32-3/h4-12H,1-3H3,(H,25,28)(H,29,30). The Morgan fingerprint density at radius 3 is 2.47 bits per heavy atom. The minimum atomic E-state index is -1.03. The number of aryl methyl sites for hydroxylation is 1. The van der Waals surface area contributed by atoms with Crippen LogP contribution in [0.3, 0.4) is 0 Å². The number of hydrogen-bond acceptors (Lipinski definition) is 6. The summed E-state index contributed by atoms with van der Waals surface area (Å²) in [4.78, 5) is 28.2. The number of aromatic nitrogens is 3. The van der Waals surface area contributed by atoms with Crippen molar-refractivity contribution >= 4 is 23.2 Å². The lowest BCUT2D eigenvalue weighted by atomic mass is 10.1. The summed E-state index contributed by atoms with van der Waals surface area (Å²) in [6, 6.07) is 13.3. The summed E-state index contributed by atoms with van der Waals surface area (Å²) in [7, 11) is 3.13. The maximum atomic E-state index is 12.8. The summed E-state index contributed by atoms with van der Waals surface area (Å²) in [5, 5.41) is 16.3. The minimum absolute atomic E-state index is 0.150. The average Bonchev–Trinajstić information content (AvgIpc) is 3.24. The van der Waals surface area contributed by atoms with Crippen molar-refractivity contribution in [2.24, 2.45) is 0 Å². The fourth-order valence-electron chi connectivity index (χ4n) is 3.34. The van der Waals surface area contributed by atoms with Crippen LogP contribution in [0.2, 0.25) is 0 Å². The number of rotatable bonds is 6. The zero-order valence-corrected chi connectivity index (χ0v) is 17.6. The molecule has 0 atom stereocenters. The molecular formula is C23H20N4O5. The Morgan fingerprint density at radius 1 is 1.00 bits per heavy atom. The number of hydrogen-bond donors (Lipinski definition) is 2. The highest BCUT2D eigenvalue weighted by atomic mass is 16.5. The van der Waals surface area contributed by atoms with Gasteiger partial charge in [0, 0.05) is 23.5 Å². The van der Waals surface area contributed by atoms with Crippen LogP contribution >= 0.6 is 0 Å². The van der Waals surface area contributed by atoms with Crippen molar-refractivity contribution in [3.05, 3.63) is 71.5 Å². The Balaban J connectivity index is 1.68. The predicted octanol–water partition coefficient (Wildman–Crippen LogP) is 3.67. The second kappa shape index (κ2) is 8.38. The molecule has 2 heterocycles. The lowest BCUT2D eigenvalue weighted by Crippen LogP contribution is -2.14. The van der Waals surface area contributed by atoms with Gasteiger partial charge in [0.05, 0.1) is 25.5 Å². The molecule has 0 radical (unpaired) electrons. The number of carbonyl (C=O) groups is 2. The molecule has 2 aromatic carbocycles. The van der Waals surface area contributed by atoms with Crippen LogP contribution in [0.25, 0.3) is 16.9 Å². The summed E-state index contributed by atoms with van der Waals surface area (Å²) >= 11 is 0. The molecule has 0 saturated heterocycles. The van der Waals surface area contributed by atoms with E-state index >= 15 is 0 Å². The Labute approximate surface area is 183 Å². The van der Waals surface area contributed by atoms with E-state index < -0.39 is 11.9 Å². The summed E-state index contributed by atoms with van der Waals surface area (Å²) < 4.78 is 12.3. The van der Waals surface area contributed by atoms with E-state index in [1.54, 1.807) is 56.1 Å². The summed E-state index contributed by atoms with van der Waals surface area (Å²) in [5.74, 6) is -0.285. The summed E-state index contributed by atoms with van der Waals surface area (Å²) in [6.07, 6.45) is 1.64. The van der Waals surface area contributed by atoms with Crippen LogP contribution in [0.1, 0.15) is 26.4 Å². The molecule has 0 saturated carbocycles. The molecule has 1 amide bonds. The lowest BCUT2D eigenvalue weighted by Gasteiger charge is -2.10. The second-order valence-electron chi connectivity index (χ2n) is 6.99. The van der Waals surface area contributed by atoms with Crippen LogP contribution in [0.15, 0.2) is 54.7 Å². The third kappa shape index (κ3) is 3.83. The fraction of sp³-hybridized carbons (Fsp3) is 0.130. The van der Waals surface area contributed by atoms with Gasteiger partial charge in [-0.1, -0.05) is 0 Å². The van der Waals surface area contributed by atoms with Gasteiger partial charge in [0.1, 0.15) is 0 Å². The minimum Gasteiger partial charge on any atom is -0.493 e. The Morgan fingerprint density at radius 2 is 1.78 bits per heavy atom. The smallest absolute Gasteiger partial charge is 0.335 e. The van der Waals surface area contributed by atoms with E-state index in [1.165, 1.54) is 12.1 Å². The van der Waals surface area contributed by atoms with Gasteiger partial charge >= 0.3 is 5.97 Å². The number of nitrogens with zero attached hydrogens (tertiary/aromatic N) is 3. The number of anilines is 1. The van der Waals surface area contributed by atoms with Gasteiger partial charge < -0.3 is 19.9 Å². The molecular weight excluding hydrogens is 412 g/mol. The van der Waals surface area contributed by atoms with Gasteiger partial charge in [-0.15, -0.1) is 0 Å². The molecule has 0 bridgehead atoms. The second-order valence-corrected chi connectivity index (χ2v) is 6.99. The normalized spacial score (nSPS) is 10.7. The quantitative estimate of drug-likeness (QED) is 0.478. The first-order valence-corrected chi connectivity index (χ1v) is 9.63. The van der Waals surface area contributed by atoms with E-state index in [4.69, 9.17) is 14.6 Å². The number of ether oxygens (including phenoxy) is 2. The first kappa shape index (κ1) is 20.9. The zero-order valence-electron chi connectivity index (χ0n) is 17.6. The van der Waals surface area contributed by atoms with Gasteiger partial charge in [-0.05, 0) is 55.0 Å². The van der Waals surface area contributed by atoms with E-state index in [0.29, 0.717) is 28.4 Å². The lowest BCUT2D eigenvalue weighted by molar-refractivity contribution is 0.0696. The third-order valence-corrected chi connectivity index (χ3v) is 4.99.